The largest absolute Gasteiger partial charge is 0.464 e. The third kappa shape index (κ3) is 10.2. The fourth-order valence-corrected chi connectivity index (χ4v) is 1.23. The lowest BCUT2D eigenvalue weighted by Gasteiger charge is -2.10. The van der Waals surface area contributed by atoms with Crippen LogP contribution in [0.2, 0.25) is 0 Å². The van der Waals surface area contributed by atoms with Crippen LogP contribution in [0.3, 0.4) is 0 Å². The average molecular weight is 247 g/mol. The normalized spacial score (nSPS) is 12.4. The highest BCUT2D eigenvalue weighted by atomic mass is 16.5. The molecule has 2 N–H and O–H groups in total. The summed E-state index contributed by atoms with van der Waals surface area (Å²) in [5.74, 6) is -0.310. The number of carbonyl (C=O) groups excluding carboxylic acids is 1. The van der Waals surface area contributed by atoms with Gasteiger partial charge in [-0.3, -0.25) is 4.79 Å². The van der Waals surface area contributed by atoms with Crippen molar-refractivity contribution in [3.8, 4) is 0 Å². The Hall–Kier alpha value is -0.650. The van der Waals surface area contributed by atoms with Gasteiger partial charge in [0.1, 0.15) is 6.04 Å². The standard InChI is InChI=1S/C12H25NO4/c1-3-4-6-11(13)12(14)17-8-5-7-16-10-9-15-2/h11H,3-10,13H2,1-2H3. The van der Waals surface area contributed by atoms with Gasteiger partial charge in [0.25, 0.3) is 0 Å². The van der Waals surface area contributed by atoms with E-state index in [1.807, 2.05) is 0 Å². The molecule has 0 aromatic carbocycles. The van der Waals surface area contributed by atoms with E-state index in [-0.39, 0.29) is 5.97 Å². The van der Waals surface area contributed by atoms with Gasteiger partial charge >= 0.3 is 5.97 Å². The molecule has 1 atom stereocenters. The summed E-state index contributed by atoms with van der Waals surface area (Å²) in [5, 5.41) is 0. The SMILES string of the molecule is CCCCC(N)C(=O)OCCCOCCOC. The molecule has 0 amide bonds. The van der Waals surface area contributed by atoms with Crippen molar-refractivity contribution < 1.29 is 19.0 Å². The van der Waals surface area contributed by atoms with Crippen LogP contribution in [0.5, 0.6) is 0 Å². The Morgan fingerprint density at radius 3 is 2.59 bits per heavy atom. The van der Waals surface area contributed by atoms with Gasteiger partial charge in [0.15, 0.2) is 0 Å². The molecule has 0 aliphatic heterocycles. The molecule has 0 aromatic heterocycles. The maximum Gasteiger partial charge on any atom is 0.322 e. The van der Waals surface area contributed by atoms with Crippen LogP contribution in [0.4, 0.5) is 0 Å². The monoisotopic (exact) mass is 247 g/mol. The Morgan fingerprint density at radius 2 is 1.94 bits per heavy atom. The molecule has 0 rings (SSSR count). The van der Waals surface area contributed by atoms with Crippen LogP contribution in [-0.2, 0) is 19.0 Å². The molecule has 0 bridgehead atoms. The topological polar surface area (TPSA) is 70.8 Å². The Morgan fingerprint density at radius 1 is 1.18 bits per heavy atom. The summed E-state index contributed by atoms with van der Waals surface area (Å²) in [6.07, 6.45) is 3.38. The lowest BCUT2D eigenvalue weighted by atomic mass is 10.1. The van der Waals surface area contributed by atoms with Gasteiger partial charge in [-0.25, -0.2) is 0 Å². The van der Waals surface area contributed by atoms with Gasteiger partial charge in [-0.05, 0) is 6.42 Å². The minimum atomic E-state index is -0.482. The van der Waals surface area contributed by atoms with Crippen molar-refractivity contribution in [1.29, 1.82) is 0 Å². The Labute approximate surface area is 104 Å². The van der Waals surface area contributed by atoms with Gasteiger partial charge in [-0.1, -0.05) is 19.8 Å². The summed E-state index contributed by atoms with van der Waals surface area (Å²) in [4.78, 5) is 11.4. The van der Waals surface area contributed by atoms with Crippen LogP contribution in [0.25, 0.3) is 0 Å². The van der Waals surface area contributed by atoms with E-state index in [1.54, 1.807) is 7.11 Å². The molecule has 0 aliphatic carbocycles. The third-order valence-corrected chi connectivity index (χ3v) is 2.28. The summed E-state index contributed by atoms with van der Waals surface area (Å²) in [5.41, 5.74) is 5.66. The van der Waals surface area contributed by atoms with Crippen LogP contribution >= 0.6 is 0 Å². The van der Waals surface area contributed by atoms with Gasteiger partial charge in [0.2, 0.25) is 0 Å². The minimum Gasteiger partial charge on any atom is -0.464 e. The van der Waals surface area contributed by atoms with Crippen molar-refractivity contribution in [3.63, 3.8) is 0 Å². The van der Waals surface area contributed by atoms with Crippen LogP contribution in [0, 0.1) is 0 Å². The number of unbranched alkanes of at least 4 members (excludes halogenated alkanes) is 1. The lowest BCUT2D eigenvalue weighted by molar-refractivity contribution is -0.145. The molecular weight excluding hydrogens is 222 g/mol. The Balaban J connectivity index is 3.32. The van der Waals surface area contributed by atoms with Gasteiger partial charge in [-0.2, -0.15) is 0 Å². The van der Waals surface area contributed by atoms with E-state index in [2.05, 4.69) is 6.92 Å². The molecule has 0 saturated carbocycles. The molecule has 0 spiro atoms. The van der Waals surface area contributed by atoms with E-state index < -0.39 is 6.04 Å². The molecule has 5 heteroatoms. The molecule has 0 radical (unpaired) electrons. The number of nitrogens with two attached hydrogens (primary N) is 1. The van der Waals surface area contributed by atoms with Crippen molar-refractivity contribution in [2.24, 2.45) is 5.73 Å². The second-order valence-electron chi connectivity index (χ2n) is 3.87. The van der Waals surface area contributed by atoms with E-state index in [0.29, 0.717) is 39.3 Å². The van der Waals surface area contributed by atoms with Gasteiger partial charge in [0, 0.05) is 20.1 Å². The number of ether oxygens (including phenoxy) is 3. The predicted octanol–water partition coefficient (Wildman–Crippen LogP) is 1.10. The number of methoxy groups -OCH3 is 1. The fourth-order valence-electron chi connectivity index (χ4n) is 1.23. The smallest absolute Gasteiger partial charge is 0.322 e. The summed E-state index contributed by atoms with van der Waals surface area (Å²) in [6, 6.07) is -0.482. The van der Waals surface area contributed by atoms with Crippen molar-refractivity contribution >= 4 is 5.97 Å². The van der Waals surface area contributed by atoms with E-state index in [4.69, 9.17) is 19.9 Å². The average Bonchev–Trinajstić information content (AvgIpc) is 2.34. The second kappa shape index (κ2) is 11.8. The van der Waals surface area contributed by atoms with Crippen LogP contribution in [0.1, 0.15) is 32.6 Å². The molecule has 0 aromatic rings. The second-order valence-corrected chi connectivity index (χ2v) is 3.87. The summed E-state index contributed by atoms with van der Waals surface area (Å²) in [6.45, 7) is 4.16. The van der Waals surface area contributed by atoms with Gasteiger partial charge in [0.05, 0.1) is 19.8 Å². The van der Waals surface area contributed by atoms with Crippen molar-refractivity contribution in [1.82, 2.24) is 0 Å². The lowest BCUT2D eigenvalue weighted by Crippen LogP contribution is -2.32. The quantitative estimate of drug-likeness (QED) is 0.437. The fraction of sp³-hybridized carbons (Fsp3) is 0.917. The summed E-state index contributed by atoms with van der Waals surface area (Å²) in [7, 11) is 1.63. The van der Waals surface area contributed by atoms with Crippen LogP contribution < -0.4 is 5.73 Å². The zero-order valence-electron chi connectivity index (χ0n) is 10.9. The highest BCUT2D eigenvalue weighted by molar-refractivity contribution is 5.75. The number of hydrogen-bond donors (Lipinski definition) is 1. The van der Waals surface area contributed by atoms with Crippen LogP contribution in [-0.4, -0.2) is 45.5 Å². The first-order valence-corrected chi connectivity index (χ1v) is 6.21. The highest BCUT2D eigenvalue weighted by Crippen LogP contribution is 2.00. The summed E-state index contributed by atoms with van der Waals surface area (Å²) >= 11 is 0. The van der Waals surface area contributed by atoms with E-state index in [0.717, 1.165) is 12.8 Å². The predicted molar refractivity (Wildman–Crippen MR) is 65.8 cm³/mol. The molecular formula is C12H25NO4. The van der Waals surface area contributed by atoms with E-state index in [1.165, 1.54) is 0 Å². The first-order chi connectivity index (χ1) is 8.22. The maximum atomic E-state index is 11.4. The number of esters is 1. The zero-order chi connectivity index (χ0) is 12.9. The van der Waals surface area contributed by atoms with E-state index in [9.17, 15) is 4.79 Å². The molecule has 0 fully saturated rings. The Kier molecular flexibility index (Phi) is 11.4. The molecule has 5 nitrogen and oxygen atoms in total. The van der Waals surface area contributed by atoms with Crippen molar-refractivity contribution in [2.75, 3.05) is 33.5 Å². The molecule has 1 unspecified atom stereocenters. The van der Waals surface area contributed by atoms with E-state index >= 15 is 0 Å². The van der Waals surface area contributed by atoms with Crippen LogP contribution in [0.15, 0.2) is 0 Å². The minimum absolute atomic E-state index is 0.310. The number of rotatable bonds is 11. The van der Waals surface area contributed by atoms with Gasteiger partial charge in [-0.15, -0.1) is 0 Å². The number of carbonyl (C=O) groups is 1. The molecule has 0 heterocycles. The molecule has 0 saturated heterocycles. The third-order valence-electron chi connectivity index (χ3n) is 2.28. The first-order valence-electron chi connectivity index (χ1n) is 6.21. The van der Waals surface area contributed by atoms with Crippen molar-refractivity contribution in [3.05, 3.63) is 0 Å². The highest BCUT2D eigenvalue weighted by Gasteiger charge is 2.13. The van der Waals surface area contributed by atoms with Gasteiger partial charge < -0.3 is 19.9 Å². The number of hydrogen-bond acceptors (Lipinski definition) is 5. The molecule has 102 valence electrons. The summed E-state index contributed by atoms with van der Waals surface area (Å²) < 4.78 is 15.1. The molecule has 17 heavy (non-hydrogen) atoms. The van der Waals surface area contributed by atoms with Crippen molar-refractivity contribution in [2.45, 2.75) is 38.6 Å². The maximum absolute atomic E-state index is 11.4. The Bertz CT molecular complexity index is 187. The zero-order valence-corrected chi connectivity index (χ0v) is 10.9. The first kappa shape index (κ1) is 16.4. The molecule has 0 aliphatic rings.